The number of allylic oxidation sites excluding steroid dienone is 1. The number of carbonyl (C=O) groups excluding carboxylic acids is 1. The molecule has 68 valence electrons. The van der Waals surface area contributed by atoms with Crippen LogP contribution in [0.5, 0.6) is 0 Å². The average Bonchev–Trinajstić information content (AvgIpc) is 2.00. The van der Waals surface area contributed by atoms with E-state index < -0.39 is 24.3 Å². The smallest absolute Gasteiger partial charge is 0.309 e. The number of carbonyl (C=O) groups is 1. The third-order valence-corrected chi connectivity index (χ3v) is 1.76. The molecule has 1 aliphatic rings. The van der Waals surface area contributed by atoms with Crippen LogP contribution in [0.15, 0.2) is 12.2 Å². The molecule has 0 aromatic carbocycles. The number of hydrogen-bond acceptors (Lipinski definition) is 4. The second-order valence-corrected chi connectivity index (χ2v) is 2.74. The zero-order valence-electron chi connectivity index (χ0n) is 6.80. The van der Waals surface area contributed by atoms with E-state index in [0.717, 1.165) is 0 Å². The molecule has 1 saturated heterocycles. The van der Waals surface area contributed by atoms with Crippen LogP contribution in [0.4, 0.5) is 0 Å². The SMILES string of the molecule is C/C=C/[C@@H]1OC(=O)C[C@H](O)[C@@H]1O. The summed E-state index contributed by atoms with van der Waals surface area (Å²) in [4.78, 5) is 10.8. The number of cyclic esters (lactones) is 1. The molecule has 12 heavy (non-hydrogen) atoms. The standard InChI is InChI=1S/C8H12O4/c1-2-3-6-8(11)5(9)4-7(10)12-6/h2-3,5-6,8-9,11H,4H2,1H3/b3-2+/t5-,6-,8-/m0/s1. The number of aliphatic hydroxyl groups is 2. The van der Waals surface area contributed by atoms with Crippen molar-refractivity contribution in [1.29, 1.82) is 0 Å². The molecule has 0 aromatic rings. The van der Waals surface area contributed by atoms with Crippen molar-refractivity contribution in [3.63, 3.8) is 0 Å². The second kappa shape index (κ2) is 3.69. The van der Waals surface area contributed by atoms with E-state index in [1.54, 1.807) is 19.1 Å². The molecule has 1 heterocycles. The van der Waals surface area contributed by atoms with Gasteiger partial charge in [0, 0.05) is 0 Å². The summed E-state index contributed by atoms with van der Waals surface area (Å²) in [6.07, 6.45) is 0.372. The molecular weight excluding hydrogens is 160 g/mol. The first kappa shape index (κ1) is 9.22. The molecule has 2 N–H and O–H groups in total. The van der Waals surface area contributed by atoms with E-state index in [1.807, 2.05) is 0 Å². The number of rotatable bonds is 1. The fraction of sp³-hybridized carbons (Fsp3) is 0.625. The summed E-state index contributed by atoms with van der Waals surface area (Å²) in [6, 6.07) is 0. The van der Waals surface area contributed by atoms with E-state index in [9.17, 15) is 9.90 Å². The molecule has 0 unspecified atom stereocenters. The normalized spacial score (nSPS) is 36.9. The van der Waals surface area contributed by atoms with Crippen molar-refractivity contribution in [3.05, 3.63) is 12.2 Å². The third kappa shape index (κ3) is 1.84. The van der Waals surface area contributed by atoms with Gasteiger partial charge < -0.3 is 14.9 Å². The maximum atomic E-state index is 10.8. The number of ether oxygens (including phenoxy) is 1. The van der Waals surface area contributed by atoms with Gasteiger partial charge in [0.25, 0.3) is 0 Å². The van der Waals surface area contributed by atoms with E-state index >= 15 is 0 Å². The number of esters is 1. The van der Waals surface area contributed by atoms with Crippen LogP contribution >= 0.6 is 0 Å². The van der Waals surface area contributed by atoms with Gasteiger partial charge in [-0.25, -0.2) is 0 Å². The minimum absolute atomic E-state index is 0.130. The summed E-state index contributed by atoms with van der Waals surface area (Å²) in [5.41, 5.74) is 0. The van der Waals surface area contributed by atoms with Crippen LogP contribution in [-0.4, -0.2) is 34.5 Å². The van der Waals surface area contributed by atoms with Crippen molar-refractivity contribution in [3.8, 4) is 0 Å². The lowest BCUT2D eigenvalue weighted by Crippen LogP contribution is -2.45. The molecule has 0 bridgehead atoms. The van der Waals surface area contributed by atoms with Crippen LogP contribution in [0.3, 0.4) is 0 Å². The van der Waals surface area contributed by atoms with Crippen LogP contribution in [0.25, 0.3) is 0 Å². The lowest BCUT2D eigenvalue weighted by atomic mass is 10.0. The van der Waals surface area contributed by atoms with Gasteiger partial charge in [-0.2, -0.15) is 0 Å². The monoisotopic (exact) mass is 172 g/mol. The Morgan fingerprint density at radius 1 is 1.58 bits per heavy atom. The largest absolute Gasteiger partial charge is 0.455 e. The fourth-order valence-corrected chi connectivity index (χ4v) is 1.12. The first-order valence-corrected chi connectivity index (χ1v) is 3.83. The molecule has 0 saturated carbocycles. The van der Waals surface area contributed by atoms with Crippen molar-refractivity contribution in [2.75, 3.05) is 0 Å². The van der Waals surface area contributed by atoms with Gasteiger partial charge in [0.05, 0.1) is 12.5 Å². The van der Waals surface area contributed by atoms with E-state index in [1.165, 1.54) is 0 Å². The zero-order chi connectivity index (χ0) is 9.14. The Morgan fingerprint density at radius 3 is 2.83 bits per heavy atom. The quantitative estimate of drug-likeness (QED) is 0.417. The lowest BCUT2D eigenvalue weighted by molar-refractivity contribution is -0.171. The maximum absolute atomic E-state index is 10.8. The molecule has 3 atom stereocenters. The summed E-state index contributed by atoms with van der Waals surface area (Å²) in [7, 11) is 0. The molecule has 0 radical (unpaired) electrons. The minimum atomic E-state index is -1.01. The van der Waals surface area contributed by atoms with Crippen molar-refractivity contribution in [2.45, 2.75) is 31.7 Å². The molecule has 4 nitrogen and oxygen atoms in total. The van der Waals surface area contributed by atoms with Crippen LogP contribution in [0, 0.1) is 0 Å². The first-order valence-electron chi connectivity index (χ1n) is 3.83. The van der Waals surface area contributed by atoms with Crippen molar-refractivity contribution < 1.29 is 19.7 Å². The number of hydrogen-bond donors (Lipinski definition) is 2. The molecule has 0 aliphatic carbocycles. The molecule has 0 aromatic heterocycles. The van der Waals surface area contributed by atoms with Gasteiger partial charge in [-0.1, -0.05) is 6.08 Å². The Balaban J connectivity index is 2.65. The summed E-state index contributed by atoms with van der Waals surface area (Å²) < 4.78 is 4.77. The Labute approximate surface area is 70.5 Å². The highest BCUT2D eigenvalue weighted by molar-refractivity contribution is 5.71. The summed E-state index contributed by atoms with van der Waals surface area (Å²) in [5, 5.41) is 18.5. The Morgan fingerprint density at radius 2 is 2.25 bits per heavy atom. The lowest BCUT2D eigenvalue weighted by Gasteiger charge is -2.29. The van der Waals surface area contributed by atoms with E-state index in [0.29, 0.717) is 0 Å². The maximum Gasteiger partial charge on any atom is 0.309 e. The summed E-state index contributed by atoms with van der Waals surface area (Å²) in [5.74, 6) is -0.476. The highest BCUT2D eigenvalue weighted by Crippen LogP contribution is 2.16. The Bertz CT molecular complexity index is 199. The van der Waals surface area contributed by atoms with Gasteiger partial charge >= 0.3 is 5.97 Å². The van der Waals surface area contributed by atoms with Gasteiger partial charge in [-0.05, 0) is 13.0 Å². The van der Waals surface area contributed by atoms with Gasteiger partial charge in [0.15, 0.2) is 0 Å². The van der Waals surface area contributed by atoms with Crippen LogP contribution in [0.1, 0.15) is 13.3 Å². The van der Waals surface area contributed by atoms with Crippen molar-refractivity contribution in [2.24, 2.45) is 0 Å². The van der Waals surface area contributed by atoms with Crippen LogP contribution in [-0.2, 0) is 9.53 Å². The Kier molecular flexibility index (Phi) is 2.83. The summed E-state index contributed by atoms with van der Waals surface area (Å²) >= 11 is 0. The third-order valence-electron chi connectivity index (χ3n) is 1.76. The predicted octanol–water partition coefficient (Wildman–Crippen LogP) is -0.400. The highest BCUT2D eigenvalue weighted by Gasteiger charge is 2.34. The molecule has 1 fully saturated rings. The van der Waals surface area contributed by atoms with E-state index in [-0.39, 0.29) is 6.42 Å². The van der Waals surface area contributed by atoms with Crippen LogP contribution in [0.2, 0.25) is 0 Å². The fourth-order valence-electron chi connectivity index (χ4n) is 1.12. The second-order valence-electron chi connectivity index (χ2n) is 2.74. The van der Waals surface area contributed by atoms with Gasteiger partial charge in [-0.3, -0.25) is 4.79 Å². The Hall–Kier alpha value is -0.870. The van der Waals surface area contributed by atoms with E-state index in [2.05, 4.69) is 0 Å². The first-order chi connectivity index (χ1) is 5.65. The van der Waals surface area contributed by atoms with Gasteiger partial charge in [0.2, 0.25) is 0 Å². The average molecular weight is 172 g/mol. The van der Waals surface area contributed by atoms with E-state index in [4.69, 9.17) is 9.84 Å². The van der Waals surface area contributed by atoms with Crippen molar-refractivity contribution >= 4 is 5.97 Å². The molecule has 1 aliphatic heterocycles. The molecule has 1 rings (SSSR count). The minimum Gasteiger partial charge on any atom is -0.455 e. The van der Waals surface area contributed by atoms with Gasteiger partial charge in [-0.15, -0.1) is 0 Å². The molecule has 0 spiro atoms. The summed E-state index contributed by atoms with van der Waals surface area (Å²) in [6.45, 7) is 1.75. The van der Waals surface area contributed by atoms with Crippen LogP contribution < -0.4 is 0 Å². The topological polar surface area (TPSA) is 66.8 Å². The molecular formula is C8H12O4. The zero-order valence-corrected chi connectivity index (χ0v) is 6.80. The molecule has 0 amide bonds. The van der Waals surface area contributed by atoms with Gasteiger partial charge in [0.1, 0.15) is 12.2 Å². The number of aliphatic hydroxyl groups excluding tert-OH is 2. The predicted molar refractivity (Wildman–Crippen MR) is 41.3 cm³/mol. The van der Waals surface area contributed by atoms with Crippen molar-refractivity contribution in [1.82, 2.24) is 0 Å². The highest BCUT2D eigenvalue weighted by atomic mass is 16.6. The molecule has 4 heteroatoms.